The number of benzene rings is 3. The maximum Gasteiger partial charge on any atom is 0.118 e. The first kappa shape index (κ1) is 18.8. The highest BCUT2D eigenvalue weighted by molar-refractivity contribution is 5.45. The molecular formula is C24H26O3. The second-order valence-corrected chi connectivity index (χ2v) is 7.50. The van der Waals surface area contributed by atoms with Crippen LogP contribution in [-0.4, -0.2) is 15.3 Å². The van der Waals surface area contributed by atoms with Gasteiger partial charge in [0.1, 0.15) is 17.2 Å². The Bertz CT molecular complexity index is 944. The Hall–Kier alpha value is -2.94. The van der Waals surface area contributed by atoms with E-state index in [1.54, 1.807) is 24.3 Å². The van der Waals surface area contributed by atoms with Crippen molar-refractivity contribution in [3.05, 3.63) is 88.5 Å². The summed E-state index contributed by atoms with van der Waals surface area (Å²) in [7, 11) is 0. The third-order valence-corrected chi connectivity index (χ3v) is 5.51. The van der Waals surface area contributed by atoms with Gasteiger partial charge >= 0.3 is 0 Å². The largest absolute Gasteiger partial charge is 0.508 e. The molecule has 0 radical (unpaired) electrons. The van der Waals surface area contributed by atoms with Gasteiger partial charge in [-0.05, 0) is 78.8 Å². The molecule has 0 aliphatic heterocycles. The minimum atomic E-state index is -0.280. The van der Waals surface area contributed by atoms with Crippen LogP contribution < -0.4 is 0 Å². The number of rotatable bonds is 5. The summed E-state index contributed by atoms with van der Waals surface area (Å²) in [4.78, 5) is 0. The fourth-order valence-electron chi connectivity index (χ4n) is 3.55. The molecule has 0 fully saturated rings. The molecule has 0 heterocycles. The fraction of sp³-hybridized carbons (Fsp3) is 0.250. The fourth-order valence-corrected chi connectivity index (χ4v) is 3.55. The summed E-state index contributed by atoms with van der Waals surface area (Å²) in [5.74, 6) is 0.854. The average Bonchev–Trinajstić information content (AvgIpc) is 2.65. The number of hydrogen-bond acceptors (Lipinski definition) is 3. The molecule has 0 spiro atoms. The molecule has 3 aromatic rings. The van der Waals surface area contributed by atoms with Crippen LogP contribution in [-0.2, 0) is 11.8 Å². The molecule has 3 aromatic carbocycles. The second kappa shape index (κ2) is 7.36. The highest BCUT2D eigenvalue weighted by Crippen LogP contribution is 2.38. The first-order valence-corrected chi connectivity index (χ1v) is 9.18. The van der Waals surface area contributed by atoms with Crippen LogP contribution >= 0.6 is 0 Å². The topological polar surface area (TPSA) is 60.7 Å². The standard InChI is InChI=1S/C24H26O3/c1-16-14-18(4-10-22(16)26)12-13-24(3,19-5-8-21(25)9-6-19)20-7-11-23(27)17(2)15-20/h4-11,14-15,25-27H,12-13H2,1-3H3. The molecule has 0 saturated heterocycles. The van der Waals surface area contributed by atoms with E-state index in [1.807, 2.05) is 50.2 Å². The zero-order valence-corrected chi connectivity index (χ0v) is 16.0. The van der Waals surface area contributed by atoms with Crippen molar-refractivity contribution in [2.24, 2.45) is 0 Å². The number of hydrogen-bond donors (Lipinski definition) is 3. The van der Waals surface area contributed by atoms with E-state index in [0.717, 1.165) is 35.1 Å². The third kappa shape index (κ3) is 3.92. The molecule has 1 atom stereocenters. The SMILES string of the molecule is Cc1cc(CCC(C)(c2ccc(O)cc2)c2ccc(O)c(C)c2)ccc1O. The molecule has 0 bridgehead atoms. The van der Waals surface area contributed by atoms with Crippen molar-refractivity contribution >= 4 is 0 Å². The van der Waals surface area contributed by atoms with Crippen molar-refractivity contribution in [1.82, 2.24) is 0 Å². The molecular weight excluding hydrogens is 336 g/mol. The Morgan fingerprint density at radius 1 is 0.704 bits per heavy atom. The second-order valence-electron chi connectivity index (χ2n) is 7.50. The van der Waals surface area contributed by atoms with Crippen LogP contribution in [0.2, 0.25) is 0 Å². The van der Waals surface area contributed by atoms with Gasteiger partial charge in [-0.3, -0.25) is 0 Å². The van der Waals surface area contributed by atoms with Crippen molar-refractivity contribution in [3.8, 4) is 17.2 Å². The maximum atomic E-state index is 9.92. The molecule has 1 unspecified atom stereocenters. The summed E-state index contributed by atoms with van der Waals surface area (Å²) in [5.41, 5.74) is 4.85. The van der Waals surface area contributed by atoms with Crippen molar-refractivity contribution in [2.75, 3.05) is 0 Å². The van der Waals surface area contributed by atoms with Crippen LogP contribution in [0.15, 0.2) is 60.7 Å². The molecule has 3 N–H and O–H groups in total. The zero-order chi connectivity index (χ0) is 19.6. The lowest BCUT2D eigenvalue weighted by molar-refractivity contribution is 0.467. The molecule has 140 valence electrons. The molecule has 0 saturated carbocycles. The smallest absolute Gasteiger partial charge is 0.118 e. The van der Waals surface area contributed by atoms with Crippen LogP contribution in [0.1, 0.15) is 41.2 Å². The lowest BCUT2D eigenvalue weighted by Crippen LogP contribution is -2.24. The van der Waals surface area contributed by atoms with Crippen molar-refractivity contribution < 1.29 is 15.3 Å². The Morgan fingerprint density at radius 3 is 1.85 bits per heavy atom. The van der Waals surface area contributed by atoms with Crippen molar-refractivity contribution in [1.29, 1.82) is 0 Å². The third-order valence-electron chi connectivity index (χ3n) is 5.51. The first-order valence-electron chi connectivity index (χ1n) is 9.18. The monoisotopic (exact) mass is 362 g/mol. The van der Waals surface area contributed by atoms with Gasteiger partial charge in [-0.1, -0.05) is 43.3 Å². The van der Waals surface area contributed by atoms with Crippen molar-refractivity contribution in [3.63, 3.8) is 0 Å². The van der Waals surface area contributed by atoms with E-state index in [4.69, 9.17) is 0 Å². The lowest BCUT2D eigenvalue weighted by Gasteiger charge is -2.32. The van der Waals surface area contributed by atoms with Gasteiger partial charge in [0.15, 0.2) is 0 Å². The van der Waals surface area contributed by atoms with E-state index >= 15 is 0 Å². The molecule has 27 heavy (non-hydrogen) atoms. The van der Waals surface area contributed by atoms with Gasteiger partial charge < -0.3 is 15.3 Å². The van der Waals surface area contributed by atoms with Gasteiger partial charge in [-0.15, -0.1) is 0 Å². The summed E-state index contributed by atoms with van der Waals surface area (Å²) in [6.45, 7) is 6.00. The summed E-state index contributed by atoms with van der Waals surface area (Å²) >= 11 is 0. The summed E-state index contributed by atoms with van der Waals surface area (Å²) in [5, 5.41) is 29.4. The number of aryl methyl sites for hydroxylation is 3. The number of phenols is 3. The van der Waals surface area contributed by atoms with Crippen LogP contribution in [0.4, 0.5) is 0 Å². The van der Waals surface area contributed by atoms with E-state index in [0.29, 0.717) is 11.5 Å². The molecule has 0 aliphatic carbocycles. The average molecular weight is 362 g/mol. The lowest BCUT2D eigenvalue weighted by atomic mass is 9.72. The number of phenolic OH excluding ortho intramolecular Hbond substituents is 3. The van der Waals surface area contributed by atoms with Crippen LogP contribution in [0.25, 0.3) is 0 Å². The van der Waals surface area contributed by atoms with Crippen LogP contribution in [0, 0.1) is 13.8 Å². The quantitative estimate of drug-likeness (QED) is 0.573. The normalized spacial score (nSPS) is 13.3. The molecule has 3 rings (SSSR count). The predicted octanol–water partition coefficient (Wildman–Crippen LogP) is 5.36. The summed E-state index contributed by atoms with van der Waals surface area (Å²) < 4.78 is 0. The molecule has 3 heteroatoms. The van der Waals surface area contributed by atoms with E-state index in [2.05, 4.69) is 6.92 Å². The minimum Gasteiger partial charge on any atom is -0.508 e. The molecule has 0 aromatic heterocycles. The predicted molar refractivity (Wildman–Crippen MR) is 109 cm³/mol. The Balaban J connectivity index is 1.99. The highest BCUT2D eigenvalue weighted by atomic mass is 16.3. The van der Waals surface area contributed by atoms with Gasteiger partial charge in [0.2, 0.25) is 0 Å². The highest BCUT2D eigenvalue weighted by Gasteiger charge is 2.29. The summed E-state index contributed by atoms with van der Waals surface area (Å²) in [6.07, 6.45) is 1.70. The molecule has 3 nitrogen and oxygen atoms in total. The van der Waals surface area contributed by atoms with Gasteiger partial charge in [-0.25, -0.2) is 0 Å². The maximum absolute atomic E-state index is 9.92. The van der Waals surface area contributed by atoms with E-state index in [1.165, 1.54) is 5.56 Å². The van der Waals surface area contributed by atoms with E-state index < -0.39 is 0 Å². The number of aromatic hydroxyl groups is 3. The summed E-state index contributed by atoms with van der Waals surface area (Å²) in [6, 6.07) is 18.8. The van der Waals surface area contributed by atoms with Gasteiger partial charge in [-0.2, -0.15) is 0 Å². The van der Waals surface area contributed by atoms with Crippen LogP contribution in [0.3, 0.4) is 0 Å². The Labute approximate surface area is 160 Å². The van der Waals surface area contributed by atoms with Crippen molar-refractivity contribution in [2.45, 2.75) is 39.0 Å². The first-order chi connectivity index (χ1) is 12.8. The zero-order valence-electron chi connectivity index (χ0n) is 16.0. The van der Waals surface area contributed by atoms with Gasteiger partial charge in [0.05, 0.1) is 0 Å². The Kier molecular flexibility index (Phi) is 5.13. The molecule has 0 aliphatic rings. The Morgan fingerprint density at radius 2 is 1.26 bits per heavy atom. The minimum absolute atomic E-state index is 0.247. The van der Waals surface area contributed by atoms with Crippen LogP contribution in [0.5, 0.6) is 17.2 Å². The van der Waals surface area contributed by atoms with E-state index in [9.17, 15) is 15.3 Å². The van der Waals surface area contributed by atoms with Gasteiger partial charge in [0, 0.05) is 5.41 Å². The molecule has 0 amide bonds. The van der Waals surface area contributed by atoms with Gasteiger partial charge in [0.25, 0.3) is 0 Å². The van der Waals surface area contributed by atoms with E-state index in [-0.39, 0.29) is 11.2 Å².